The smallest absolute Gasteiger partial charge is 0.106 e. The number of rotatable bonds is 1. The van der Waals surface area contributed by atoms with Crippen LogP contribution in [0.1, 0.15) is 0 Å². The Morgan fingerprint density at radius 1 is 1.33 bits per heavy atom. The van der Waals surface area contributed by atoms with Gasteiger partial charge in [-0.2, -0.15) is 0 Å². The molecule has 0 amide bonds. The first-order valence-electron chi connectivity index (χ1n) is 3.38. The Labute approximate surface area is 82.6 Å². The van der Waals surface area contributed by atoms with Crippen LogP contribution in [0, 0.1) is 0 Å². The first-order chi connectivity index (χ1) is 5.86. The first-order valence-corrected chi connectivity index (χ1v) is 5.01. The molecule has 2 heterocycles. The van der Waals surface area contributed by atoms with Crippen molar-refractivity contribution in [2.24, 2.45) is 0 Å². The predicted octanol–water partition coefficient (Wildman–Crippen LogP) is 2.97. The Balaban J connectivity index is 2.48. The number of hydrogen-bond acceptors (Lipinski definition) is 3. The van der Waals surface area contributed by atoms with Crippen LogP contribution in [0.2, 0.25) is 0 Å². The number of hydrogen-bond donors (Lipinski definition) is 0. The molecule has 4 heteroatoms. The zero-order chi connectivity index (χ0) is 8.39. The molecule has 0 spiro atoms. The lowest BCUT2D eigenvalue weighted by molar-refractivity contribution is 1.28. The topological polar surface area (TPSA) is 25.8 Å². The van der Waals surface area contributed by atoms with E-state index in [0.717, 1.165) is 15.9 Å². The molecule has 0 atom stereocenters. The van der Waals surface area contributed by atoms with Crippen LogP contribution in [0.5, 0.6) is 0 Å². The van der Waals surface area contributed by atoms with Crippen molar-refractivity contribution in [1.29, 1.82) is 0 Å². The van der Waals surface area contributed by atoms with Crippen molar-refractivity contribution in [1.82, 2.24) is 9.36 Å². The largest absolute Gasteiger partial charge is 0.241 e. The summed E-state index contributed by atoms with van der Waals surface area (Å²) in [6.45, 7) is 0. The monoisotopic (exact) mass is 240 g/mol. The molecule has 0 N–H and O–H groups in total. The van der Waals surface area contributed by atoms with Gasteiger partial charge in [-0.25, -0.2) is 9.36 Å². The summed E-state index contributed by atoms with van der Waals surface area (Å²) >= 11 is 4.75. The summed E-state index contributed by atoms with van der Waals surface area (Å²) in [5, 5.41) is 1.98. The van der Waals surface area contributed by atoms with E-state index in [2.05, 4.69) is 25.3 Å². The van der Waals surface area contributed by atoms with E-state index in [1.54, 1.807) is 0 Å². The molecule has 2 nitrogen and oxygen atoms in total. The van der Waals surface area contributed by atoms with Gasteiger partial charge in [0.05, 0.1) is 11.9 Å². The quantitative estimate of drug-likeness (QED) is 0.717. The van der Waals surface area contributed by atoms with E-state index in [9.17, 15) is 0 Å². The highest BCUT2D eigenvalue weighted by atomic mass is 79.9. The van der Waals surface area contributed by atoms with Crippen molar-refractivity contribution in [2.75, 3.05) is 0 Å². The Morgan fingerprint density at radius 3 is 2.92 bits per heavy atom. The number of aromatic nitrogens is 2. The molecule has 0 aliphatic rings. The number of pyridine rings is 1. The molecule has 0 radical (unpaired) electrons. The highest BCUT2D eigenvalue weighted by Crippen LogP contribution is 2.19. The third-order valence-corrected chi connectivity index (χ3v) is 2.47. The van der Waals surface area contributed by atoms with Gasteiger partial charge in [0.1, 0.15) is 4.60 Å². The van der Waals surface area contributed by atoms with Gasteiger partial charge < -0.3 is 0 Å². The van der Waals surface area contributed by atoms with Crippen LogP contribution in [-0.4, -0.2) is 9.36 Å². The fourth-order valence-corrected chi connectivity index (χ4v) is 1.77. The molecule has 0 saturated heterocycles. The molecule has 0 aromatic carbocycles. The lowest BCUT2D eigenvalue weighted by Crippen LogP contribution is -1.80. The minimum atomic E-state index is 0.853. The van der Waals surface area contributed by atoms with E-state index in [-0.39, 0.29) is 0 Å². The van der Waals surface area contributed by atoms with Gasteiger partial charge in [0, 0.05) is 10.9 Å². The molecule has 2 aromatic heterocycles. The summed E-state index contributed by atoms with van der Waals surface area (Å²) in [5.41, 5.74) is 2.03. The van der Waals surface area contributed by atoms with Crippen LogP contribution in [-0.2, 0) is 0 Å². The van der Waals surface area contributed by atoms with E-state index in [1.807, 2.05) is 29.8 Å². The average Bonchev–Trinajstić information content (AvgIpc) is 2.56. The summed E-state index contributed by atoms with van der Waals surface area (Å²) in [6, 6.07) is 5.84. The normalized spacial score (nSPS) is 10.1. The summed E-state index contributed by atoms with van der Waals surface area (Å²) in [7, 11) is 0. The van der Waals surface area contributed by atoms with Crippen LogP contribution in [0.3, 0.4) is 0 Å². The first kappa shape index (κ1) is 7.89. The maximum atomic E-state index is 4.30. The average molecular weight is 241 g/mol. The van der Waals surface area contributed by atoms with Gasteiger partial charge in [0.2, 0.25) is 0 Å². The number of nitrogens with zero attached hydrogens (tertiary/aromatic N) is 2. The standard InChI is InChI=1S/C8H5BrN2S/c9-8-3-1-2-7(11-8)6-4-10-12-5-6/h1-5H. The predicted molar refractivity (Wildman–Crippen MR) is 53.0 cm³/mol. The van der Waals surface area contributed by atoms with Gasteiger partial charge in [-0.1, -0.05) is 6.07 Å². The minimum absolute atomic E-state index is 0.853. The molecule has 0 unspecified atom stereocenters. The van der Waals surface area contributed by atoms with E-state index >= 15 is 0 Å². The zero-order valence-electron chi connectivity index (χ0n) is 6.07. The molecule has 12 heavy (non-hydrogen) atoms. The molecule has 0 aliphatic heterocycles. The fraction of sp³-hybridized carbons (Fsp3) is 0. The molecular weight excluding hydrogens is 236 g/mol. The zero-order valence-corrected chi connectivity index (χ0v) is 8.47. The van der Waals surface area contributed by atoms with Crippen LogP contribution >= 0.6 is 27.5 Å². The molecule has 60 valence electrons. The summed E-state index contributed by atoms with van der Waals surface area (Å²) in [5.74, 6) is 0. The highest BCUT2D eigenvalue weighted by molar-refractivity contribution is 9.10. The maximum Gasteiger partial charge on any atom is 0.106 e. The van der Waals surface area contributed by atoms with Gasteiger partial charge in [0.25, 0.3) is 0 Å². The second-order valence-electron chi connectivity index (χ2n) is 2.26. The second-order valence-corrected chi connectivity index (χ2v) is 3.73. The van der Waals surface area contributed by atoms with Crippen molar-refractivity contribution >= 4 is 27.5 Å². The van der Waals surface area contributed by atoms with E-state index < -0.39 is 0 Å². The summed E-state index contributed by atoms with van der Waals surface area (Å²) in [4.78, 5) is 4.30. The molecule has 2 aromatic rings. The van der Waals surface area contributed by atoms with Crippen LogP contribution < -0.4 is 0 Å². The molecular formula is C8H5BrN2S. The Bertz CT molecular complexity index is 372. The van der Waals surface area contributed by atoms with Crippen molar-refractivity contribution in [3.8, 4) is 11.3 Å². The van der Waals surface area contributed by atoms with E-state index in [4.69, 9.17) is 0 Å². The van der Waals surface area contributed by atoms with Crippen molar-refractivity contribution < 1.29 is 0 Å². The van der Waals surface area contributed by atoms with Gasteiger partial charge in [0.15, 0.2) is 0 Å². The molecule has 2 rings (SSSR count). The highest BCUT2D eigenvalue weighted by Gasteiger charge is 1.99. The molecule has 0 bridgehead atoms. The van der Waals surface area contributed by atoms with Crippen molar-refractivity contribution in [3.05, 3.63) is 34.4 Å². The van der Waals surface area contributed by atoms with Gasteiger partial charge in [-0.05, 0) is 39.6 Å². The van der Waals surface area contributed by atoms with Gasteiger partial charge >= 0.3 is 0 Å². The molecule has 0 saturated carbocycles. The summed E-state index contributed by atoms with van der Waals surface area (Å²) < 4.78 is 4.87. The molecule has 0 fully saturated rings. The van der Waals surface area contributed by atoms with Crippen LogP contribution in [0.25, 0.3) is 11.3 Å². The lowest BCUT2D eigenvalue weighted by Gasteiger charge is -1.95. The SMILES string of the molecule is Brc1cccc(-c2cnsc2)n1. The number of halogens is 1. The van der Waals surface area contributed by atoms with Crippen LogP contribution in [0.4, 0.5) is 0 Å². The van der Waals surface area contributed by atoms with Gasteiger partial charge in [-0.3, -0.25) is 0 Å². The third-order valence-electron chi connectivity index (χ3n) is 1.44. The van der Waals surface area contributed by atoms with Crippen molar-refractivity contribution in [2.45, 2.75) is 0 Å². The summed E-state index contributed by atoms with van der Waals surface area (Å²) in [6.07, 6.45) is 1.82. The third kappa shape index (κ3) is 1.54. The Morgan fingerprint density at radius 2 is 2.25 bits per heavy atom. The van der Waals surface area contributed by atoms with E-state index in [1.165, 1.54) is 11.5 Å². The lowest BCUT2D eigenvalue weighted by atomic mass is 10.2. The minimum Gasteiger partial charge on any atom is -0.241 e. The van der Waals surface area contributed by atoms with Crippen LogP contribution in [0.15, 0.2) is 34.4 Å². The van der Waals surface area contributed by atoms with Crippen molar-refractivity contribution in [3.63, 3.8) is 0 Å². The second kappa shape index (κ2) is 3.33. The maximum absolute atomic E-state index is 4.30. The Kier molecular flexibility index (Phi) is 2.19. The fourth-order valence-electron chi connectivity index (χ4n) is 0.900. The Hall–Kier alpha value is -0.740. The van der Waals surface area contributed by atoms with E-state index in [0.29, 0.717) is 0 Å². The van der Waals surface area contributed by atoms with Gasteiger partial charge in [-0.15, -0.1) is 0 Å². The molecule has 0 aliphatic carbocycles.